The SMILES string of the molecule is C=Cc1nccn1CCCCCCCCCCCC. The molecule has 0 spiro atoms. The summed E-state index contributed by atoms with van der Waals surface area (Å²) in [6.45, 7) is 7.14. The maximum absolute atomic E-state index is 4.24. The zero-order valence-corrected chi connectivity index (χ0v) is 12.6. The van der Waals surface area contributed by atoms with E-state index in [1.807, 2.05) is 18.5 Å². The van der Waals surface area contributed by atoms with Gasteiger partial charge in [-0.1, -0.05) is 71.3 Å². The van der Waals surface area contributed by atoms with Crippen LogP contribution in [0.1, 0.15) is 77.0 Å². The lowest BCUT2D eigenvalue weighted by Gasteiger charge is -2.05. The van der Waals surface area contributed by atoms with Crippen LogP contribution in [0.3, 0.4) is 0 Å². The smallest absolute Gasteiger partial charge is 0.131 e. The van der Waals surface area contributed by atoms with E-state index in [0.717, 1.165) is 12.4 Å². The second-order valence-corrected chi connectivity index (χ2v) is 5.36. The molecular formula is C17H30N2. The van der Waals surface area contributed by atoms with Gasteiger partial charge in [-0.25, -0.2) is 4.98 Å². The monoisotopic (exact) mass is 262 g/mol. The molecule has 0 aliphatic rings. The lowest BCUT2D eigenvalue weighted by Crippen LogP contribution is -1.99. The third kappa shape index (κ3) is 7.19. The highest BCUT2D eigenvalue weighted by molar-refractivity contribution is 5.36. The molecule has 2 nitrogen and oxygen atoms in total. The van der Waals surface area contributed by atoms with Gasteiger partial charge in [0.25, 0.3) is 0 Å². The fourth-order valence-electron chi connectivity index (χ4n) is 2.47. The summed E-state index contributed by atoms with van der Waals surface area (Å²) in [5.74, 6) is 0.996. The highest BCUT2D eigenvalue weighted by Gasteiger charge is 1.97. The van der Waals surface area contributed by atoms with Gasteiger partial charge < -0.3 is 4.57 Å². The molecule has 108 valence electrons. The van der Waals surface area contributed by atoms with E-state index >= 15 is 0 Å². The highest BCUT2D eigenvalue weighted by Crippen LogP contribution is 2.11. The van der Waals surface area contributed by atoms with E-state index in [0.29, 0.717) is 0 Å². The molecule has 1 aromatic rings. The number of aryl methyl sites for hydroxylation is 1. The molecule has 1 heterocycles. The van der Waals surface area contributed by atoms with Gasteiger partial charge in [0, 0.05) is 18.9 Å². The fourth-order valence-corrected chi connectivity index (χ4v) is 2.47. The molecule has 0 aromatic carbocycles. The second-order valence-electron chi connectivity index (χ2n) is 5.36. The van der Waals surface area contributed by atoms with Crippen molar-refractivity contribution in [1.29, 1.82) is 0 Å². The molecule has 0 saturated heterocycles. The summed E-state index contributed by atoms with van der Waals surface area (Å²) in [5.41, 5.74) is 0. The van der Waals surface area contributed by atoms with Crippen LogP contribution in [0.4, 0.5) is 0 Å². The van der Waals surface area contributed by atoms with Crippen molar-refractivity contribution in [3.8, 4) is 0 Å². The highest BCUT2D eigenvalue weighted by atomic mass is 15.0. The topological polar surface area (TPSA) is 17.8 Å². The number of aromatic nitrogens is 2. The number of imidazole rings is 1. The first-order chi connectivity index (χ1) is 9.38. The largest absolute Gasteiger partial charge is 0.332 e. The molecule has 0 N–H and O–H groups in total. The number of hydrogen-bond acceptors (Lipinski definition) is 1. The number of hydrogen-bond donors (Lipinski definition) is 0. The summed E-state index contributed by atoms with van der Waals surface area (Å²) in [5, 5.41) is 0. The van der Waals surface area contributed by atoms with Crippen LogP contribution in [-0.2, 0) is 6.54 Å². The van der Waals surface area contributed by atoms with Gasteiger partial charge in [0.15, 0.2) is 0 Å². The average molecular weight is 262 g/mol. The van der Waals surface area contributed by atoms with Crippen molar-refractivity contribution >= 4 is 6.08 Å². The molecule has 0 unspecified atom stereocenters. The summed E-state index contributed by atoms with van der Waals surface area (Å²) in [7, 11) is 0. The predicted molar refractivity (Wildman–Crippen MR) is 84.2 cm³/mol. The van der Waals surface area contributed by atoms with Crippen LogP contribution >= 0.6 is 0 Å². The molecule has 2 heteroatoms. The van der Waals surface area contributed by atoms with E-state index in [9.17, 15) is 0 Å². The van der Waals surface area contributed by atoms with Crippen LogP contribution in [0.15, 0.2) is 19.0 Å². The quantitative estimate of drug-likeness (QED) is 0.458. The van der Waals surface area contributed by atoms with Gasteiger partial charge in [-0.05, 0) is 12.5 Å². The lowest BCUT2D eigenvalue weighted by molar-refractivity contribution is 0.534. The minimum atomic E-state index is 0.996. The second kappa shape index (κ2) is 10.8. The number of nitrogens with zero attached hydrogens (tertiary/aromatic N) is 2. The van der Waals surface area contributed by atoms with Gasteiger partial charge in [-0.15, -0.1) is 0 Å². The molecule has 0 atom stereocenters. The van der Waals surface area contributed by atoms with Crippen LogP contribution in [0.2, 0.25) is 0 Å². The van der Waals surface area contributed by atoms with Gasteiger partial charge in [-0.2, -0.15) is 0 Å². The summed E-state index contributed by atoms with van der Waals surface area (Å²) >= 11 is 0. The first-order valence-corrected chi connectivity index (χ1v) is 8.02. The minimum Gasteiger partial charge on any atom is -0.332 e. The first kappa shape index (κ1) is 16.0. The third-order valence-corrected chi connectivity index (χ3v) is 3.68. The van der Waals surface area contributed by atoms with Gasteiger partial charge in [-0.3, -0.25) is 0 Å². The normalized spacial score (nSPS) is 10.8. The summed E-state index contributed by atoms with van der Waals surface area (Å²) in [6.07, 6.45) is 19.6. The van der Waals surface area contributed by atoms with Crippen molar-refractivity contribution < 1.29 is 0 Å². The van der Waals surface area contributed by atoms with Crippen LogP contribution in [0, 0.1) is 0 Å². The molecule has 1 rings (SSSR count). The van der Waals surface area contributed by atoms with Crippen molar-refractivity contribution in [2.75, 3.05) is 0 Å². The standard InChI is InChI=1S/C17H30N2/c1-3-5-6-7-8-9-10-11-12-13-15-19-16-14-18-17(19)4-2/h4,14,16H,2-3,5-13,15H2,1H3. The van der Waals surface area contributed by atoms with Crippen molar-refractivity contribution in [2.45, 2.75) is 77.7 Å². The van der Waals surface area contributed by atoms with Crippen LogP contribution in [0.5, 0.6) is 0 Å². The molecule has 0 amide bonds. The Morgan fingerprint density at radius 1 is 1.00 bits per heavy atom. The lowest BCUT2D eigenvalue weighted by atomic mass is 10.1. The maximum atomic E-state index is 4.24. The zero-order valence-electron chi connectivity index (χ0n) is 12.6. The molecule has 0 saturated carbocycles. The Labute approximate surface area is 118 Å². The van der Waals surface area contributed by atoms with Crippen LogP contribution in [0.25, 0.3) is 6.08 Å². The van der Waals surface area contributed by atoms with Gasteiger partial charge in [0.1, 0.15) is 5.82 Å². The molecule has 0 aliphatic heterocycles. The van der Waals surface area contributed by atoms with Gasteiger partial charge in [0.05, 0.1) is 0 Å². The third-order valence-electron chi connectivity index (χ3n) is 3.68. The summed E-state index contributed by atoms with van der Waals surface area (Å²) < 4.78 is 2.19. The molecule has 0 fully saturated rings. The van der Waals surface area contributed by atoms with E-state index in [1.54, 1.807) is 0 Å². The van der Waals surface area contributed by atoms with E-state index in [4.69, 9.17) is 0 Å². The Balaban J connectivity index is 1.90. The van der Waals surface area contributed by atoms with E-state index in [1.165, 1.54) is 64.2 Å². The predicted octanol–water partition coefficient (Wildman–Crippen LogP) is 5.45. The average Bonchev–Trinajstić information content (AvgIpc) is 2.88. The summed E-state index contributed by atoms with van der Waals surface area (Å²) in [4.78, 5) is 4.24. The first-order valence-electron chi connectivity index (χ1n) is 8.02. The molecule has 0 radical (unpaired) electrons. The fraction of sp³-hybridized carbons (Fsp3) is 0.706. The van der Waals surface area contributed by atoms with E-state index < -0.39 is 0 Å². The molecule has 0 aliphatic carbocycles. The van der Waals surface area contributed by atoms with Crippen LogP contribution in [-0.4, -0.2) is 9.55 Å². The molecule has 1 aromatic heterocycles. The number of rotatable bonds is 12. The Bertz CT molecular complexity index is 328. The van der Waals surface area contributed by atoms with Crippen molar-refractivity contribution in [2.24, 2.45) is 0 Å². The van der Waals surface area contributed by atoms with Crippen molar-refractivity contribution in [3.05, 3.63) is 24.8 Å². The van der Waals surface area contributed by atoms with Crippen LogP contribution < -0.4 is 0 Å². The Morgan fingerprint density at radius 3 is 2.16 bits per heavy atom. The van der Waals surface area contributed by atoms with E-state index in [-0.39, 0.29) is 0 Å². The van der Waals surface area contributed by atoms with Crippen molar-refractivity contribution in [1.82, 2.24) is 9.55 Å². The van der Waals surface area contributed by atoms with Gasteiger partial charge in [0.2, 0.25) is 0 Å². The Hall–Kier alpha value is -1.05. The van der Waals surface area contributed by atoms with Crippen molar-refractivity contribution in [3.63, 3.8) is 0 Å². The maximum Gasteiger partial charge on any atom is 0.131 e. The van der Waals surface area contributed by atoms with E-state index in [2.05, 4.69) is 23.1 Å². The zero-order chi connectivity index (χ0) is 13.8. The Kier molecular flexibility index (Phi) is 9.13. The van der Waals surface area contributed by atoms with Gasteiger partial charge >= 0.3 is 0 Å². The minimum absolute atomic E-state index is 0.996. The molecule has 19 heavy (non-hydrogen) atoms. The molecule has 0 bridgehead atoms. The number of unbranched alkanes of at least 4 members (excludes halogenated alkanes) is 9. The Morgan fingerprint density at radius 2 is 1.58 bits per heavy atom. The summed E-state index contributed by atoms with van der Waals surface area (Å²) in [6, 6.07) is 0. The molecular weight excluding hydrogens is 232 g/mol.